The van der Waals surface area contributed by atoms with Crippen molar-refractivity contribution < 1.29 is 24.9 Å². The van der Waals surface area contributed by atoms with Crippen molar-refractivity contribution in [1.82, 2.24) is 4.90 Å². The molecule has 4 aliphatic rings. The molecule has 264 valence electrons. The Labute approximate surface area is 289 Å². The van der Waals surface area contributed by atoms with Crippen molar-refractivity contribution in [2.45, 2.75) is 135 Å². The Morgan fingerprint density at radius 3 is 2.56 bits per heavy atom. The standard InChI is InChI=1S/C42H61NO5/c1-4-24-43(27-36(45)29-48-28-32-13-7-5-8-14-32)30-42(47)23-21-39-37-20-18-33(26-38(37)40(46)34-15-9-6-10-16-34)25-35(44)19-17-31(2)12-11-22-41(39,42)3/h5,7-8,12-14,18,20,26,34-36,39,44-45,47H,4,6,9-11,15-17,19,21-25,27-30H2,1-3H3/t35-,36+,39-,41-,42+/m0/s1. The number of hydrogen-bond donors (Lipinski definition) is 3. The first-order chi connectivity index (χ1) is 23.1. The number of fused-ring (bicyclic) bond motifs is 8. The molecule has 6 nitrogen and oxygen atoms in total. The molecule has 0 aromatic heterocycles. The quantitative estimate of drug-likeness (QED) is 0.159. The highest BCUT2D eigenvalue weighted by Crippen LogP contribution is 2.59. The molecule has 2 aromatic rings. The second-order valence-corrected chi connectivity index (χ2v) is 15.5. The minimum atomic E-state index is -0.990. The molecular weight excluding hydrogens is 598 g/mol. The van der Waals surface area contributed by atoms with Crippen molar-refractivity contribution in [2.24, 2.45) is 11.3 Å². The highest BCUT2D eigenvalue weighted by atomic mass is 16.5. The molecule has 0 unspecified atom stereocenters. The van der Waals surface area contributed by atoms with Gasteiger partial charge in [-0.15, -0.1) is 0 Å². The molecule has 3 N–H and O–H groups in total. The molecule has 6 heteroatoms. The van der Waals surface area contributed by atoms with Gasteiger partial charge in [0, 0.05) is 30.0 Å². The lowest BCUT2D eigenvalue weighted by Crippen LogP contribution is -2.54. The van der Waals surface area contributed by atoms with Crippen LogP contribution in [0.4, 0.5) is 0 Å². The van der Waals surface area contributed by atoms with Gasteiger partial charge in [-0.05, 0) is 106 Å². The Kier molecular flexibility index (Phi) is 13.1. The lowest BCUT2D eigenvalue weighted by Gasteiger charge is -2.46. The van der Waals surface area contributed by atoms with Crippen molar-refractivity contribution in [3.05, 3.63) is 82.4 Å². The van der Waals surface area contributed by atoms with Gasteiger partial charge < -0.3 is 20.1 Å². The molecule has 2 saturated carbocycles. The number of carbonyl (C=O) groups excluding carboxylic acids is 1. The van der Waals surface area contributed by atoms with Gasteiger partial charge in [0.05, 0.1) is 31.0 Å². The third-order valence-electron chi connectivity index (χ3n) is 11.8. The largest absolute Gasteiger partial charge is 0.393 e. The molecular formula is C42H61NO5. The van der Waals surface area contributed by atoms with E-state index in [2.05, 4.69) is 49.9 Å². The summed E-state index contributed by atoms with van der Waals surface area (Å²) in [5, 5.41) is 34.8. The van der Waals surface area contributed by atoms with Crippen LogP contribution in [0.15, 0.2) is 60.2 Å². The zero-order valence-electron chi connectivity index (χ0n) is 29.8. The molecule has 0 amide bonds. The number of allylic oxidation sites excluding steroid dienone is 2. The molecule has 4 aliphatic carbocycles. The Morgan fingerprint density at radius 1 is 1.04 bits per heavy atom. The summed E-state index contributed by atoms with van der Waals surface area (Å²) in [5.41, 5.74) is 3.83. The molecule has 0 heterocycles. The summed E-state index contributed by atoms with van der Waals surface area (Å²) in [7, 11) is 0. The third-order valence-corrected chi connectivity index (χ3v) is 11.8. The third kappa shape index (κ3) is 9.05. The summed E-state index contributed by atoms with van der Waals surface area (Å²) < 4.78 is 5.88. The van der Waals surface area contributed by atoms with Gasteiger partial charge in [-0.3, -0.25) is 9.69 Å². The number of Topliss-reactive ketones (excluding diaryl/α,β-unsaturated/α-hetero) is 1. The number of hydrogen-bond acceptors (Lipinski definition) is 6. The Hall–Kier alpha value is -2.35. The maximum atomic E-state index is 14.3. The first kappa shape index (κ1) is 36.9. The normalized spacial score (nSPS) is 27.8. The fraction of sp³-hybridized carbons (Fsp3) is 0.643. The van der Waals surface area contributed by atoms with Crippen LogP contribution in [-0.2, 0) is 17.8 Å². The average Bonchev–Trinajstić information content (AvgIpc) is 3.33. The molecule has 2 aromatic carbocycles. The number of rotatable bonds is 12. The van der Waals surface area contributed by atoms with Crippen molar-refractivity contribution in [2.75, 3.05) is 26.2 Å². The maximum Gasteiger partial charge on any atom is 0.166 e. The van der Waals surface area contributed by atoms with Crippen LogP contribution in [-0.4, -0.2) is 70.1 Å². The second kappa shape index (κ2) is 17.0. The van der Waals surface area contributed by atoms with Gasteiger partial charge in [-0.1, -0.05) is 87.2 Å². The molecule has 6 rings (SSSR count). The van der Waals surface area contributed by atoms with E-state index >= 15 is 0 Å². The van der Waals surface area contributed by atoms with Gasteiger partial charge in [0.25, 0.3) is 0 Å². The van der Waals surface area contributed by atoms with Crippen molar-refractivity contribution in [1.29, 1.82) is 0 Å². The highest BCUT2D eigenvalue weighted by molar-refractivity contribution is 5.99. The predicted octanol–water partition coefficient (Wildman–Crippen LogP) is 7.78. The number of ether oxygens (including phenoxy) is 1. The van der Waals surface area contributed by atoms with Crippen LogP contribution in [0.1, 0.15) is 131 Å². The molecule has 2 bridgehead atoms. The van der Waals surface area contributed by atoms with E-state index in [0.717, 1.165) is 86.6 Å². The number of aliphatic hydroxyl groups excluding tert-OH is 2. The van der Waals surface area contributed by atoms with Crippen molar-refractivity contribution in [3.8, 4) is 0 Å². The van der Waals surface area contributed by atoms with E-state index in [4.69, 9.17) is 4.74 Å². The average molecular weight is 660 g/mol. The summed E-state index contributed by atoms with van der Waals surface area (Å²) in [4.78, 5) is 16.5. The Balaban J connectivity index is 1.42. The van der Waals surface area contributed by atoms with Crippen molar-refractivity contribution >= 4 is 5.78 Å². The lowest BCUT2D eigenvalue weighted by molar-refractivity contribution is -0.0906. The molecule has 0 aliphatic heterocycles. The van der Waals surface area contributed by atoms with Gasteiger partial charge in [-0.25, -0.2) is 0 Å². The van der Waals surface area contributed by atoms with E-state index in [1.165, 1.54) is 12.0 Å². The Morgan fingerprint density at radius 2 is 1.81 bits per heavy atom. The number of nitrogens with zero attached hydrogens (tertiary/aromatic N) is 1. The van der Waals surface area contributed by atoms with Crippen LogP contribution < -0.4 is 0 Å². The van der Waals surface area contributed by atoms with Crippen LogP contribution in [0.3, 0.4) is 0 Å². The van der Waals surface area contributed by atoms with E-state index in [1.54, 1.807) is 0 Å². The monoisotopic (exact) mass is 659 g/mol. The Bertz CT molecular complexity index is 1350. The van der Waals surface area contributed by atoms with Gasteiger partial charge in [0.1, 0.15) is 0 Å². The van der Waals surface area contributed by atoms with Gasteiger partial charge >= 0.3 is 0 Å². The number of carbonyl (C=O) groups is 1. The smallest absolute Gasteiger partial charge is 0.166 e. The molecule has 48 heavy (non-hydrogen) atoms. The molecule has 2 fully saturated rings. The molecule has 0 spiro atoms. The summed E-state index contributed by atoms with van der Waals surface area (Å²) >= 11 is 0. The van der Waals surface area contributed by atoms with Crippen molar-refractivity contribution in [3.63, 3.8) is 0 Å². The SMILES string of the molecule is CCCN(C[C@@H](O)COCc1ccccc1)C[C@]1(O)CC[C@H]2c3ccc(cc3C(=O)C3CCCCC3)C[C@@H](O)CCC(C)=CCC[C@@]21C. The maximum absolute atomic E-state index is 14.3. The van der Waals surface area contributed by atoms with E-state index < -0.39 is 23.2 Å². The molecule has 0 radical (unpaired) electrons. The fourth-order valence-corrected chi connectivity index (χ4v) is 8.96. The minimum Gasteiger partial charge on any atom is -0.393 e. The minimum absolute atomic E-state index is 0.0308. The second-order valence-electron chi connectivity index (χ2n) is 15.5. The number of aliphatic hydroxyl groups is 3. The zero-order valence-corrected chi connectivity index (χ0v) is 29.8. The van der Waals surface area contributed by atoms with Crippen LogP contribution in [0.25, 0.3) is 0 Å². The predicted molar refractivity (Wildman–Crippen MR) is 193 cm³/mol. The van der Waals surface area contributed by atoms with E-state index in [1.807, 2.05) is 30.3 Å². The summed E-state index contributed by atoms with van der Waals surface area (Å²) in [6.45, 7) is 8.95. The van der Waals surface area contributed by atoms with E-state index in [-0.39, 0.29) is 24.2 Å². The molecule has 5 atom stereocenters. The van der Waals surface area contributed by atoms with E-state index in [0.29, 0.717) is 39.0 Å². The first-order valence-electron chi connectivity index (χ1n) is 18.9. The zero-order chi connectivity index (χ0) is 34.1. The van der Waals surface area contributed by atoms with Crippen LogP contribution in [0, 0.1) is 11.3 Å². The van der Waals surface area contributed by atoms with Gasteiger partial charge in [0.2, 0.25) is 0 Å². The van der Waals surface area contributed by atoms with Crippen LogP contribution in [0.5, 0.6) is 0 Å². The fourth-order valence-electron chi connectivity index (χ4n) is 8.96. The first-order valence-corrected chi connectivity index (χ1v) is 18.9. The summed E-state index contributed by atoms with van der Waals surface area (Å²) in [6, 6.07) is 16.4. The van der Waals surface area contributed by atoms with Gasteiger partial charge in [-0.2, -0.15) is 0 Å². The number of ketones is 1. The summed E-state index contributed by atoms with van der Waals surface area (Å²) in [5.74, 6) is 0.343. The topological polar surface area (TPSA) is 90.2 Å². The van der Waals surface area contributed by atoms with Crippen LogP contribution >= 0.6 is 0 Å². The van der Waals surface area contributed by atoms with E-state index in [9.17, 15) is 20.1 Å². The lowest BCUT2D eigenvalue weighted by atomic mass is 9.64. The van der Waals surface area contributed by atoms with Crippen LogP contribution in [0.2, 0.25) is 0 Å². The van der Waals surface area contributed by atoms with Gasteiger partial charge in [0.15, 0.2) is 5.78 Å². The highest BCUT2D eigenvalue weighted by Gasteiger charge is 2.57. The number of benzene rings is 2. The molecule has 0 saturated heterocycles. The summed E-state index contributed by atoms with van der Waals surface area (Å²) in [6.07, 6.45) is 12.6.